The first-order valence-corrected chi connectivity index (χ1v) is 7.97. The number of rotatable bonds is 3. The molecule has 3 aliphatic rings. The molecule has 0 aromatic carbocycles. The highest BCUT2D eigenvalue weighted by Crippen LogP contribution is 2.48. The molecule has 0 aromatic heterocycles. The molecule has 0 aliphatic heterocycles. The average molecular weight is 235 g/mol. The maximum atomic E-state index is 3.93. The van der Waals surface area contributed by atoms with E-state index in [0.717, 1.165) is 35.6 Å². The van der Waals surface area contributed by atoms with E-state index in [4.69, 9.17) is 0 Å². The van der Waals surface area contributed by atoms with Gasteiger partial charge in [-0.2, -0.15) is 0 Å². The molecule has 0 amide bonds. The Morgan fingerprint density at radius 1 is 1.00 bits per heavy atom. The predicted molar refractivity (Wildman–Crippen MR) is 72.9 cm³/mol. The normalized spacial score (nSPS) is 49.8. The molecule has 0 saturated heterocycles. The third kappa shape index (κ3) is 2.41. The largest absolute Gasteiger partial charge is 0.313 e. The Hall–Kier alpha value is -0.0400. The molecule has 3 rings (SSSR count). The van der Waals surface area contributed by atoms with Gasteiger partial charge in [-0.3, -0.25) is 0 Å². The maximum Gasteiger partial charge on any atom is 0.00953 e. The average Bonchev–Trinajstić information content (AvgIpc) is 2.93. The Morgan fingerprint density at radius 2 is 1.88 bits per heavy atom. The quantitative estimate of drug-likeness (QED) is 0.784. The van der Waals surface area contributed by atoms with Crippen LogP contribution in [0.2, 0.25) is 0 Å². The highest BCUT2D eigenvalue weighted by atomic mass is 14.9. The van der Waals surface area contributed by atoms with Crippen molar-refractivity contribution in [2.24, 2.45) is 29.6 Å². The summed E-state index contributed by atoms with van der Waals surface area (Å²) >= 11 is 0. The lowest BCUT2D eigenvalue weighted by molar-refractivity contribution is 0.191. The lowest BCUT2D eigenvalue weighted by Crippen LogP contribution is -2.43. The Balaban J connectivity index is 1.47. The van der Waals surface area contributed by atoms with E-state index in [-0.39, 0.29) is 0 Å². The summed E-state index contributed by atoms with van der Waals surface area (Å²) in [5.74, 6) is 5.04. The van der Waals surface area contributed by atoms with Crippen molar-refractivity contribution in [3.63, 3.8) is 0 Å². The number of fused-ring (bicyclic) bond motifs is 2. The Labute approximate surface area is 107 Å². The monoisotopic (exact) mass is 235 g/mol. The van der Waals surface area contributed by atoms with Gasteiger partial charge in [-0.25, -0.2) is 0 Å². The van der Waals surface area contributed by atoms with Gasteiger partial charge in [0.1, 0.15) is 0 Å². The summed E-state index contributed by atoms with van der Waals surface area (Å²) in [6.07, 6.45) is 10.5. The molecule has 0 heterocycles. The second-order valence-electron chi connectivity index (χ2n) is 7.22. The molecular weight excluding hydrogens is 206 g/mol. The molecular formula is C16H29N. The molecule has 3 saturated carbocycles. The van der Waals surface area contributed by atoms with Crippen molar-refractivity contribution in [1.82, 2.24) is 5.32 Å². The molecule has 6 unspecified atom stereocenters. The summed E-state index contributed by atoms with van der Waals surface area (Å²) in [4.78, 5) is 0. The van der Waals surface area contributed by atoms with Crippen LogP contribution in [-0.4, -0.2) is 12.6 Å². The van der Waals surface area contributed by atoms with Crippen LogP contribution in [0.3, 0.4) is 0 Å². The molecule has 17 heavy (non-hydrogen) atoms. The molecule has 0 aromatic rings. The number of hydrogen-bond acceptors (Lipinski definition) is 1. The van der Waals surface area contributed by atoms with Crippen LogP contribution in [0.4, 0.5) is 0 Å². The van der Waals surface area contributed by atoms with Crippen molar-refractivity contribution in [3.8, 4) is 0 Å². The summed E-state index contributed by atoms with van der Waals surface area (Å²) in [7, 11) is 0. The van der Waals surface area contributed by atoms with Gasteiger partial charge < -0.3 is 5.32 Å². The minimum Gasteiger partial charge on any atom is -0.313 e. The van der Waals surface area contributed by atoms with Gasteiger partial charge in [-0.15, -0.1) is 0 Å². The van der Waals surface area contributed by atoms with E-state index >= 15 is 0 Å². The van der Waals surface area contributed by atoms with E-state index in [9.17, 15) is 0 Å². The summed E-state index contributed by atoms with van der Waals surface area (Å²) in [5.41, 5.74) is 0. The summed E-state index contributed by atoms with van der Waals surface area (Å²) in [5, 5.41) is 3.93. The Morgan fingerprint density at radius 3 is 2.59 bits per heavy atom. The van der Waals surface area contributed by atoms with Crippen LogP contribution < -0.4 is 5.32 Å². The zero-order valence-corrected chi connectivity index (χ0v) is 11.6. The lowest BCUT2D eigenvalue weighted by atomic mass is 9.77. The van der Waals surface area contributed by atoms with Crippen LogP contribution in [0.15, 0.2) is 0 Å². The van der Waals surface area contributed by atoms with E-state index in [1.165, 1.54) is 45.1 Å². The van der Waals surface area contributed by atoms with Crippen LogP contribution in [0.1, 0.15) is 58.8 Å². The molecule has 1 heteroatoms. The van der Waals surface area contributed by atoms with Gasteiger partial charge in [0.25, 0.3) is 0 Å². The Bertz CT molecular complexity index is 262. The van der Waals surface area contributed by atoms with Crippen molar-refractivity contribution in [3.05, 3.63) is 0 Å². The van der Waals surface area contributed by atoms with Gasteiger partial charge in [-0.1, -0.05) is 33.1 Å². The third-order valence-electron chi connectivity index (χ3n) is 6.23. The summed E-state index contributed by atoms with van der Waals surface area (Å²) < 4.78 is 0. The van der Waals surface area contributed by atoms with Crippen molar-refractivity contribution in [2.75, 3.05) is 6.54 Å². The van der Waals surface area contributed by atoms with Crippen LogP contribution in [-0.2, 0) is 0 Å². The fourth-order valence-corrected chi connectivity index (χ4v) is 4.80. The van der Waals surface area contributed by atoms with Crippen LogP contribution in [0.25, 0.3) is 0 Å². The highest BCUT2D eigenvalue weighted by molar-refractivity contribution is 4.92. The van der Waals surface area contributed by atoms with E-state index in [2.05, 4.69) is 19.2 Å². The van der Waals surface area contributed by atoms with Gasteiger partial charge in [0.2, 0.25) is 0 Å². The summed E-state index contributed by atoms with van der Waals surface area (Å²) in [6.45, 7) is 6.22. The second-order valence-corrected chi connectivity index (χ2v) is 7.22. The van der Waals surface area contributed by atoms with Gasteiger partial charge >= 0.3 is 0 Å². The van der Waals surface area contributed by atoms with Crippen molar-refractivity contribution >= 4 is 0 Å². The van der Waals surface area contributed by atoms with Crippen molar-refractivity contribution in [2.45, 2.75) is 64.8 Å². The smallest absolute Gasteiger partial charge is 0.00953 e. The zero-order chi connectivity index (χ0) is 11.8. The molecule has 6 atom stereocenters. The number of hydrogen-bond donors (Lipinski definition) is 1. The van der Waals surface area contributed by atoms with E-state index in [1.807, 2.05) is 0 Å². The van der Waals surface area contributed by atoms with E-state index < -0.39 is 0 Å². The van der Waals surface area contributed by atoms with Crippen LogP contribution in [0.5, 0.6) is 0 Å². The van der Waals surface area contributed by atoms with Gasteiger partial charge in [0.05, 0.1) is 0 Å². The van der Waals surface area contributed by atoms with Gasteiger partial charge in [0, 0.05) is 6.04 Å². The van der Waals surface area contributed by atoms with Crippen molar-refractivity contribution < 1.29 is 0 Å². The fourth-order valence-electron chi connectivity index (χ4n) is 4.80. The van der Waals surface area contributed by atoms with E-state index in [0.29, 0.717) is 0 Å². The molecule has 0 radical (unpaired) electrons. The predicted octanol–water partition coefficient (Wildman–Crippen LogP) is 3.84. The topological polar surface area (TPSA) is 12.0 Å². The maximum absolute atomic E-state index is 3.93. The molecule has 3 fully saturated rings. The molecule has 0 spiro atoms. The minimum atomic E-state index is 0.817. The lowest BCUT2D eigenvalue weighted by Gasteiger charge is -2.36. The van der Waals surface area contributed by atoms with Gasteiger partial charge in [-0.05, 0) is 61.8 Å². The fraction of sp³-hybridized carbons (Fsp3) is 1.00. The SMILES string of the molecule is CC1CCCC(NCC2CC3CCC2C3)C1C. The Kier molecular flexibility index (Phi) is 3.47. The van der Waals surface area contributed by atoms with Gasteiger partial charge in [0.15, 0.2) is 0 Å². The molecule has 3 aliphatic carbocycles. The zero-order valence-electron chi connectivity index (χ0n) is 11.6. The third-order valence-corrected chi connectivity index (χ3v) is 6.23. The second kappa shape index (κ2) is 4.91. The molecule has 98 valence electrons. The number of nitrogens with one attached hydrogen (secondary N) is 1. The highest BCUT2D eigenvalue weighted by Gasteiger charge is 2.39. The molecule has 2 bridgehead atoms. The summed E-state index contributed by atoms with van der Waals surface area (Å²) in [6, 6.07) is 0.817. The first kappa shape index (κ1) is 12.0. The minimum absolute atomic E-state index is 0.817. The van der Waals surface area contributed by atoms with Crippen LogP contribution >= 0.6 is 0 Å². The standard InChI is InChI=1S/C16H29N/c1-11-4-3-5-16(12(11)2)17-10-15-9-13-6-7-14(15)8-13/h11-17H,3-10H2,1-2H3. The first-order chi connectivity index (χ1) is 8.24. The molecule has 1 N–H and O–H groups in total. The van der Waals surface area contributed by atoms with Crippen molar-refractivity contribution in [1.29, 1.82) is 0 Å². The van der Waals surface area contributed by atoms with E-state index in [1.54, 1.807) is 6.42 Å². The van der Waals surface area contributed by atoms with Crippen LogP contribution in [0, 0.1) is 29.6 Å². The first-order valence-electron chi connectivity index (χ1n) is 7.97. The molecule has 1 nitrogen and oxygen atoms in total.